The van der Waals surface area contributed by atoms with Crippen LogP contribution in [0.25, 0.3) is 0 Å². The maximum Gasteiger partial charge on any atom is 0.131 e. The van der Waals surface area contributed by atoms with E-state index in [4.69, 9.17) is 0 Å². The SMILES string of the molecule is Cc1cc(Br)cc([C@H]2CNCCN2)c1F. The topological polar surface area (TPSA) is 24.1 Å². The molecule has 1 aliphatic rings. The molecule has 0 amide bonds. The molecule has 0 bridgehead atoms. The molecule has 0 saturated carbocycles. The van der Waals surface area contributed by atoms with Gasteiger partial charge in [0.15, 0.2) is 0 Å². The molecule has 0 aliphatic carbocycles. The largest absolute Gasteiger partial charge is 0.314 e. The van der Waals surface area contributed by atoms with Crippen LogP contribution in [0.1, 0.15) is 17.2 Å². The molecule has 1 aliphatic heterocycles. The van der Waals surface area contributed by atoms with E-state index < -0.39 is 0 Å². The lowest BCUT2D eigenvalue weighted by Crippen LogP contribution is -2.43. The lowest BCUT2D eigenvalue weighted by atomic mass is 10.0. The number of piperazine rings is 1. The molecular formula is C11H14BrFN2. The molecule has 2 nitrogen and oxygen atoms in total. The first-order valence-corrected chi connectivity index (χ1v) is 5.87. The van der Waals surface area contributed by atoms with Crippen molar-refractivity contribution in [2.75, 3.05) is 19.6 Å². The van der Waals surface area contributed by atoms with E-state index in [1.165, 1.54) is 0 Å². The lowest BCUT2D eigenvalue weighted by molar-refractivity contribution is 0.416. The van der Waals surface area contributed by atoms with Gasteiger partial charge in [-0.3, -0.25) is 0 Å². The van der Waals surface area contributed by atoms with Crippen molar-refractivity contribution < 1.29 is 4.39 Å². The van der Waals surface area contributed by atoms with Crippen molar-refractivity contribution in [1.29, 1.82) is 0 Å². The van der Waals surface area contributed by atoms with Crippen LogP contribution in [-0.2, 0) is 0 Å². The van der Waals surface area contributed by atoms with Gasteiger partial charge in [-0.25, -0.2) is 4.39 Å². The normalized spacial score (nSPS) is 21.7. The molecular weight excluding hydrogens is 259 g/mol. The van der Waals surface area contributed by atoms with Crippen LogP contribution in [0.15, 0.2) is 16.6 Å². The van der Waals surface area contributed by atoms with Crippen LogP contribution < -0.4 is 10.6 Å². The average molecular weight is 273 g/mol. The Hall–Kier alpha value is -0.450. The van der Waals surface area contributed by atoms with Gasteiger partial charge in [0.2, 0.25) is 0 Å². The van der Waals surface area contributed by atoms with Crippen LogP contribution in [0.3, 0.4) is 0 Å². The van der Waals surface area contributed by atoms with Crippen LogP contribution in [0, 0.1) is 12.7 Å². The van der Waals surface area contributed by atoms with Gasteiger partial charge in [0.25, 0.3) is 0 Å². The molecule has 0 spiro atoms. The summed E-state index contributed by atoms with van der Waals surface area (Å²) >= 11 is 3.40. The predicted octanol–water partition coefficient (Wildman–Crippen LogP) is 2.13. The van der Waals surface area contributed by atoms with E-state index in [-0.39, 0.29) is 11.9 Å². The maximum atomic E-state index is 13.9. The zero-order valence-electron chi connectivity index (χ0n) is 8.61. The monoisotopic (exact) mass is 272 g/mol. The first kappa shape index (κ1) is 11.0. The molecule has 0 radical (unpaired) electrons. The Bertz CT molecular complexity index is 362. The Kier molecular flexibility index (Phi) is 3.38. The Balaban J connectivity index is 2.33. The van der Waals surface area contributed by atoms with Gasteiger partial charge in [-0.1, -0.05) is 15.9 Å². The van der Waals surface area contributed by atoms with Crippen LogP contribution in [-0.4, -0.2) is 19.6 Å². The molecule has 1 fully saturated rings. The van der Waals surface area contributed by atoms with Gasteiger partial charge < -0.3 is 10.6 Å². The first-order valence-electron chi connectivity index (χ1n) is 5.08. The number of aryl methyl sites for hydroxylation is 1. The van der Waals surface area contributed by atoms with Crippen molar-refractivity contribution in [3.8, 4) is 0 Å². The molecule has 1 heterocycles. The van der Waals surface area contributed by atoms with Gasteiger partial charge in [0.05, 0.1) is 0 Å². The van der Waals surface area contributed by atoms with Crippen LogP contribution in [0.4, 0.5) is 4.39 Å². The molecule has 2 rings (SSSR count). The molecule has 1 atom stereocenters. The molecule has 0 aromatic heterocycles. The highest BCUT2D eigenvalue weighted by atomic mass is 79.9. The Morgan fingerprint density at radius 2 is 2.20 bits per heavy atom. The van der Waals surface area contributed by atoms with Gasteiger partial charge in [0, 0.05) is 35.7 Å². The second kappa shape index (κ2) is 4.60. The first-order chi connectivity index (χ1) is 7.18. The summed E-state index contributed by atoms with van der Waals surface area (Å²) in [6, 6.07) is 3.73. The summed E-state index contributed by atoms with van der Waals surface area (Å²) in [5.74, 6) is -0.0978. The van der Waals surface area contributed by atoms with E-state index in [1.54, 1.807) is 13.0 Å². The van der Waals surface area contributed by atoms with Gasteiger partial charge in [-0.15, -0.1) is 0 Å². The summed E-state index contributed by atoms with van der Waals surface area (Å²) < 4.78 is 14.8. The molecule has 15 heavy (non-hydrogen) atoms. The average Bonchev–Trinajstić information content (AvgIpc) is 2.24. The molecule has 82 valence electrons. The fourth-order valence-corrected chi connectivity index (χ4v) is 2.47. The minimum atomic E-state index is -0.0978. The number of benzene rings is 1. The number of nitrogens with one attached hydrogen (secondary N) is 2. The zero-order valence-corrected chi connectivity index (χ0v) is 10.2. The van der Waals surface area contributed by atoms with Crippen molar-refractivity contribution in [2.24, 2.45) is 0 Å². The molecule has 0 unspecified atom stereocenters. The zero-order chi connectivity index (χ0) is 10.8. The number of rotatable bonds is 1. The summed E-state index contributed by atoms with van der Waals surface area (Å²) in [5, 5.41) is 6.56. The van der Waals surface area contributed by atoms with Gasteiger partial charge in [0.1, 0.15) is 5.82 Å². The lowest BCUT2D eigenvalue weighted by Gasteiger charge is -2.25. The van der Waals surface area contributed by atoms with E-state index >= 15 is 0 Å². The summed E-state index contributed by atoms with van der Waals surface area (Å²) in [7, 11) is 0. The van der Waals surface area contributed by atoms with E-state index in [2.05, 4.69) is 26.6 Å². The third kappa shape index (κ3) is 2.38. The van der Waals surface area contributed by atoms with Crippen molar-refractivity contribution in [3.05, 3.63) is 33.5 Å². The quantitative estimate of drug-likeness (QED) is 0.819. The third-order valence-corrected chi connectivity index (χ3v) is 3.12. The Morgan fingerprint density at radius 1 is 1.40 bits per heavy atom. The second-order valence-electron chi connectivity index (χ2n) is 3.84. The van der Waals surface area contributed by atoms with Crippen LogP contribution in [0.2, 0.25) is 0 Å². The van der Waals surface area contributed by atoms with Gasteiger partial charge in [-0.2, -0.15) is 0 Å². The minimum Gasteiger partial charge on any atom is -0.314 e. The molecule has 1 aromatic carbocycles. The number of hydrogen-bond donors (Lipinski definition) is 2. The van der Waals surface area contributed by atoms with Gasteiger partial charge >= 0.3 is 0 Å². The molecule has 4 heteroatoms. The molecule has 2 N–H and O–H groups in total. The fourth-order valence-electron chi connectivity index (χ4n) is 1.88. The van der Waals surface area contributed by atoms with E-state index in [9.17, 15) is 4.39 Å². The van der Waals surface area contributed by atoms with Crippen molar-refractivity contribution in [2.45, 2.75) is 13.0 Å². The van der Waals surface area contributed by atoms with E-state index in [0.717, 1.165) is 29.7 Å². The van der Waals surface area contributed by atoms with Crippen LogP contribution in [0.5, 0.6) is 0 Å². The second-order valence-corrected chi connectivity index (χ2v) is 4.75. The van der Waals surface area contributed by atoms with Crippen molar-refractivity contribution in [3.63, 3.8) is 0 Å². The summed E-state index contributed by atoms with van der Waals surface area (Å²) in [5.41, 5.74) is 1.43. The third-order valence-electron chi connectivity index (χ3n) is 2.66. The minimum absolute atomic E-state index is 0.0787. The maximum absolute atomic E-state index is 13.9. The van der Waals surface area contributed by atoms with E-state index in [1.807, 2.05) is 6.07 Å². The number of halogens is 2. The van der Waals surface area contributed by atoms with Crippen molar-refractivity contribution in [1.82, 2.24) is 10.6 Å². The Morgan fingerprint density at radius 3 is 2.87 bits per heavy atom. The smallest absolute Gasteiger partial charge is 0.131 e. The van der Waals surface area contributed by atoms with Crippen molar-refractivity contribution >= 4 is 15.9 Å². The molecule has 1 saturated heterocycles. The fraction of sp³-hybridized carbons (Fsp3) is 0.455. The highest BCUT2D eigenvalue weighted by molar-refractivity contribution is 9.10. The summed E-state index contributed by atoms with van der Waals surface area (Å²) in [6.07, 6.45) is 0. The standard InChI is InChI=1S/C11H14BrFN2/c1-7-4-8(12)5-9(11(7)13)10-6-14-2-3-15-10/h4-5,10,14-15H,2-3,6H2,1H3/t10-/m1/s1. The summed E-state index contributed by atoms with van der Waals surface area (Å²) in [6.45, 7) is 4.41. The highest BCUT2D eigenvalue weighted by Crippen LogP contribution is 2.25. The number of hydrogen-bond acceptors (Lipinski definition) is 2. The summed E-state index contributed by atoms with van der Waals surface area (Å²) in [4.78, 5) is 0. The van der Waals surface area contributed by atoms with E-state index in [0.29, 0.717) is 5.56 Å². The van der Waals surface area contributed by atoms with Crippen LogP contribution >= 0.6 is 15.9 Å². The Labute approximate surface area is 97.4 Å². The highest BCUT2D eigenvalue weighted by Gasteiger charge is 2.19. The predicted molar refractivity (Wildman–Crippen MR) is 62.5 cm³/mol. The molecule has 1 aromatic rings. The van der Waals surface area contributed by atoms with Gasteiger partial charge in [-0.05, 0) is 24.6 Å².